The number of hydrogen-bond acceptors (Lipinski definition) is 1. The predicted octanol–water partition coefficient (Wildman–Crippen LogP) is 13.4. The average molecular weight is 656 g/mol. The lowest BCUT2D eigenvalue weighted by Gasteiger charge is -2.61. The second-order valence-corrected chi connectivity index (χ2v) is 15.7. The van der Waals surface area contributed by atoms with E-state index in [4.69, 9.17) is 0 Å². The maximum atomic E-state index is 2.64. The second kappa shape index (κ2) is 11.3. The van der Waals surface area contributed by atoms with Crippen molar-refractivity contribution < 1.29 is 0 Å². The molecule has 4 saturated carbocycles. The Bertz CT molecular complexity index is 2410. The fourth-order valence-corrected chi connectivity index (χ4v) is 11.5. The van der Waals surface area contributed by atoms with E-state index in [-0.39, 0.29) is 5.41 Å². The molecule has 4 bridgehead atoms. The molecule has 7 aromatic rings. The molecule has 0 unspecified atom stereocenters. The van der Waals surface area contributed by atoms with Gasteiger partial charge in [-0.3, -0.25) is 0 Å². The minimum atomic E-state index is 0.110. The monoisotopic (exact) mass is 655 g/mol. The number of rotatable bonds is 5. The average Bonchev–Trinajstić information content (AvgIpc) is 3.48. The molecule has 1 heteroatoms. The van der Waals surface area contributed by atoms with Crippen molar-refractivity contribution in [1.29, 1.82) is 0 Å². The van der Waals surface area contributed by atoms with Gasteiger partial charge in [0.25, 0.3) is 0 Å². The van der Waals surface area contributed by atoms with Crippen molar-refractivity contribution >= 4 is 27.8 Å². The molecule has 0 aromatic heterocycles. The van der Waals surface area contributed by atoms with E-state index >= 15 is 0 Å². The lowest BCUT2D eigenvalue weighted by Crippen LogP contribution is -2.55. The molecule has 0 atom stereocenters. The van der Waals surface area contributed by atoms with Crippen LogP contribution in [0.2, 0.25) is 0 Å². The molecule has 5 aliphatic rings. The number of anilines is 3. The van der Waals surface area contributed by atoms with Gasteiger partial charge in [-0.25, -0.2) is 0 Å². The largest absolute Gasteiger partial charge is 0.309 e. The molecule has 0 radical (unpaired) electrons. The number of fused-ring (bicyclic) bond motifs is 4. The summed E-state index contributed by atoms with van der Waals surface area (Å²) in [6, 6.07) is 61.5. The van der Waals surface area contributed by atoms with Crippen LogP contribution in [-0.4, -0.2) is 0 Å². The van der Waals surface area contributed by atoms with Gasteiger partial charge in [-0.2, -0.15) is 0 Å². The Hall–Kier alpha value is -5.40. The highest BCUT2D eigenvalue weighted by Crippen LogP contribution is 2.69. The van der Waals surface area contributed by atoms with E-state index in [1.807, 2.05) is 0 Å². The zero-order valence-electron chi connectivity index (χ0n) is 28.9. The Labute approximate surface area is 301 Å². The first-order valence-corrected chi connectivity index (χ1v) is 19.0. The van der Waals surface area contributed by atoms with Crippen molar-refractivity contribution in [2.45, 2.75) is 37.5 Å². The van der Waals surface area contributed by atoms with Crippen LogP contribution in [-0.2, 0) is 5.41 Å². The molecule has 7 aromatic carbocycles. The second-order valence-electron chi connectivity index (χ2n) is 15.7. The van der Waals surface area contributed by atoms with Crippen molar-refractivity contribution in [2.24, 2.45) is 23.7 Å². The van der Waals surface area contributed by atoms with Gasteiger partial charge in [0.05, 0.1) is 11.4 Å². The van der Waals surface area contributed by atoms with Gasteiger partial charge in [-0.05, 0) is 130 Å². The number of benzene rings is 7. The van der Waals surface area contributed by atoms with Crippen LogP contribution in [0.3, 0.4) is 0 Å². The number of nitrogens with zero attached hydrogens (tertiary/aromatic N) is 1. The molecular formula is C50H41N. The summed E-state index contributed by atoms with van der Waals surface area (Å²) in [7, 11) is 0. The molecule has 0 heterocycles. The smallest absolute Gasteiger partial charge is 0.0540 e. The van der Waals surface area contributed by atoms with Crippen molar-refractivity contribution in [3.63, 3.8) is 0 Å². The molecule has 51 heavy (non-hydrogen) atoms. The summed E-state index contributed by atoms with van der Waals surface area (Å²) in [6.07, 6.45) is 7.01. The van der Waals surface area contributed by atoms with E-state index < -0.39 is 0 Å². The Morgan fingerprint density at radius 3 is 1.84 bits per heavy atom. The fraction of sp³-hybridized carbons (Fsp3) is 0.200. The van der Waals surface area contributed by atoms with E-state index in [0.29, 0.717) is 0 Å². The fourth-order valence-electron chi connectivity index (χ4n) is 11.5. The summed E-state index contributed by atoms with van der Waals surface area (Å²) in [4.78, 5) is 2.58. The van der Waals surface area contributed by atoms with Gasteiger partial charge in [0.1, 0.15) is 0 Å². The van der Waals surface area contributed by atoms with Crippen LogP contribution in [0.5, 0.6) is 0 Å². The van der Waals surface area contributed by atoms with E-state index in [2.05, 4.69) is 169 Å². The van der Waals surface area contributed by atoms with Crippen LogP contribution in [0.1, 0.15) is 43.2 Å². The standard InChI is InChI=1S/C50H41N/c1-3-12-35(13-4-1)38-22-25-49(45(31-38)37-14-5-2-6-15-37)51(48-21-11-17-36-16-7-8-18-42(36)48)41-23-24-44-43-19-9-10-20-46(43)50(47(44)32-41)39-27-33-26-34(29-39)30-40(50)28-33/h1-25,31-34,39-40H,26-30H2. The third-order valence-electron chi connectivity index (χ3n) is 13.2. The summed E-state index contributed by atoms with van der Waals surface area (Å²) in [5, 5.41) is 2.52. The zero-order valence-corrected chi connectivity index (χ0v) is 28.9. The molecule has 5 aliphatic carbocycles. The maximum Gasteiger partial charge on any atom is 0.0540 e. The summed E-state index contributed by atoms with van der Waals surface area (Å²) < 4.78 is 0. The zero-order chi connectivity index (χ0) is 33.5. The molecule has 1 nitrogen and oxygen atoms in total. The van der Waals surface area contributed by atoms with Crippen LogP contribution in [0, 0.1) is 23.7 Å². The molecular weight excluding hydrogens is 615 g/mol. The van der Waals surface area contributed by atoms with Crippen LogP contribution in [0.4, 0.5) is 17.1 Å². The topological polar surface area (TPSA) is 3.24 Å². The van der Waals surface area contributed by atoms with Crippen LogP contribution < -0.4 is 4.90 Å². The van der Waals surface area contributed by atoms with Crippen molar-refractivity contribution in [3.8, 4) is 33.4 Å². The van der Waals surface area contributed by atoms with E-state index in [9.17, 15) is 0 Å². The first-order valence-electron chi connectivity index (χ1n) is 19.0. The third kappa shape index (κ3) is 4.34. The Balaban J connectivity index is 1.18. The minimum absolute atomic E-state index is 0.110. The molecule has 12 rings (SSSR count). The van der Waals surface area contributed by atoms with Crippen LogP contribution in [0.15, 0.2) is 164 Å². The Morgan fingerprint density at radius 2 is 1.06 bits per heavy atom. The summed E-state index contributed by atoms with van der Waals surface area (Å²) in [5.41, 5.74) is 14.8. The summed E-state index contributed by atoms with van der Waals surface area (Å²) in [6.45, 7) is 0. The molecule has 0 N–H and O–H groups in total. The predicted molar refractivity (Wildman–Crippen MR) is 213 cm³/mol. The maximum absolute atomic E-state index is 2.64. The highest BCUT2D eigenvalue weighted by molar-refractivity contribution is 6.02. The SMILES string of the molecule is c1ccc(-c2ccc(N(c3ccc4c(c3)C3(c5ccccc5-4)C4CC5CC(C4)CC3C5)c3cccc4ccccc34)c(-c3ccccc3)c2)cc1. The van der Waals surface area contributed by atoms with Crippen LogP contribution in [0.25, 0.3) is 44.2 Å². The van der Waals surface area contributed by atoms with E-state index in [1.165, 1.54) is 93.3 Å². The third-order valence-corrected chi connectivity index (χ3v) is 13.2. The van der Waals surface area contributed by atoms with Gasteiger partial charge in [0.2, 0.25) is 0 Å². The Morgan fingerprint density at radius 1 is 0.412 bits per heavy atom. The highest BCUT2D eigenvalue weighted by Gasteiger charge is 2.61. The molecule has 246 valence electrons. The molecule has 1 spiro atoms. The summed E-state index contributed by atoms with van der Waals surface area (Å²) in [5.74, 6) is 3.28. The molecule has 0 saturated heterocycles. The van der Waals surface area contributed by atoms with E-state index in [0.717, 1.165) is 23.7 Å². The van der Waals surface area contributed by atoms with Crippen LogP contribution >= 0.6 is 0 Å². The summed E-state index contributed by atoms with van der Waals surface area (Å²) >= 11 is 0. The first kappa shape index (κ1) is 29.3. The van der Waals surface area contributed by atoms with Gasteiger partial charge in [0, 0.05) is 22.1 Å². The van der Waals surface area contributed by atoms with Crippen molar-refractivity contribution in [1.82, 2.24) is 0 Å². The van der Waals surface area contributed by atoms with Crippen molar-refractivity contribution in [2.75, 3.05) is 4.90 Å². The number of hydrogen-bond donors (Lipinski definition) is 0. The highest BCUT2D eigenvalue weighted by atomic mass is 15.1. The van der Waals surface area contributed by atoms with Gasteiger partial charge in [-0.15, -0.1) is 0 Å². The van der Waals surface area contributed by atoms with Gasteiger partial charge in [0.15, 0.2) is 0 Å². The lowest BCUT2D eigenvalue weighted by molar-refractivity contribution is -0.0399. The Kier molecular flexibility index (Phi) is 6.50. The van der Waals surface area contributed by atoms with Gasteiger partial charge < -0.3 is 4.90 Å². The van der Waals surface area contributed by atoms with Crippen molar-refractivity contribution in [3.05, 3.63) is 175 Å². The molecule has 4 fully saturated rings. The molecule has 0 amide bonds. The first-order chi connectivity index (χ1) is 25.3. The van der Waals surface area contributed by atoms with Gasteiger partial charge in [-0.1, -0.05) is 133 Å². The normalized spacial score (nSPS) is 23.8. The lowest BCUT2D eigenvalue weighted by atomic mass is 9.43. The quantitative estimate of drug-likeness (QED) is 0.178. The minimum Gasteiger partial charge on any atom is -0.309 e. The van der Waals surface area contributed by atoms with Gasteiger partial charge >= 0.3 is 0 Å². The molecule has 0 aliphatic heterocycles. The van der Waals surface area contributed by atoms with E-state index in [1.54, 1.807) is 11.1 Å².